The Bertz CT molecular complexity index is 716. The van der Waals surface area contributed by atoms with Crippen molar-refractivity contribution in [2.24, 2.45) is 0 Å². The monoisotopic (exact) mass is 343 g/mol. The summed E-state index contributed by atoms with van der Waals surface area (Å²) in [7, 11) is 5.25. The van der Waals surface area contributed by atoms with E-state index in [-0.39, 0.29) is 5.91 Å². The van der Waals surface area contributed by atoms with Crippen LogP contribution in [0.1, 0.15) is 16.7 Å². The molecule has 0 aliphatic heterocycles. The fourth-order valence-electron chi connectivity index (χ4n) is 2.74. The van der Waals surface area contributed by atoms with E-state index >= 15 is 0 Å². The highest BCUT2D eigenvalue weighted by Crippen LogP contribution is 2.27. The minimum atomic E-state index is 0.0428. The molecule has 2 N–H and O–H groups in total. The molecule has 2 rings (SSSR count). The molecule has 1 amide bonds. The predicted molar refractivity (Wildman–Crippen MR) is 98.0 cm³/mol. The first-order valence-corrected chi connectivity index (χ1v) is 8.37. The van der Waals surface area contributed by atoms with Crippen LogP contribution in [0.2, 0.25) is 0 Å². The van der Waals surface area contributed by atoms with Gasteiger partial charge in [-0.25, -0.2) is 0 Å². The Morgan fingerprint density at radius 3 is 2.48 bits per heavy atom. The van der Waals surface area contributed by atoms with Gasteiger partial charge >= 0.3 is 0 Å². The number of benzene rings is 2. The highest BCUT2D eigenvalue weighted by molar-refractivity contribution is 5.76. The largest absolute Gasteiger partial charge is 0.493 e. The van der Waals surface area contributed by atoms with Crippen molar-refractivity contribution in [2.45, 2.75) is 20.0 Å². The lowest BCUT2D eigenvalue weighted by molar-refractivity contribution is -0.885. The number of methoxy groups -OCH3 is 2. The van der Waals surface area contributed by atoms with Gasteiger partial charge in [-0.05, 0) is 36.2 Å². The average Bonchev–Trinajstić information content (AvgIpc) is 2.60. The Hall–Kier alpha value is -2.53. The molecule has 0 saturated carbocycles. The summed E-state index contributed by atoms with van der Waals surface area (Å²) in [6.07, 6.45) is 0. The number of amides is 1. The maximum atomic E-state index is 12.2. The number of aryl methyl sites for hydroxylation is 1. The van der Waals surface area contributed by atoms with Crippen LogP contribution in [0.15, 0.2) is 42.5 Å². The molecular formula is C20H27N2O3+. The average molecular weight is 343 g/mol. The van der Waals surface area contributed by atoms with Crippen LogP contribution in [-0.4, -0.2) is 33.7 Å². The molecule has 2 aromatic rings. The van der Waals surface area contributed by atoms with Crippen LogP contribution < -0.4 is 19.7 Å². The summed E-state index contributed by atoms with van der Waals surface area (Å²) in [5.74, 6) is 1.46. The van der Waals surface area contributed by atoms with Crippen molar-refractivity contribution >= 4 is 5.91 Å². The Labute approximate surface area is 149 Å². The number of hydrogen-bond acceptors (Lipinski definition) is 3. The van der Waals surface area contributed by atoms with Crippen LogP contribution in [0.3, 0.4) is 0 Å². The quantitative estimate of drug-likeness (QED) is 0.761. The van der Waals surface area contributed by atoms with Gasteiger partial charge in [-0.3, -0.25) is 4.79 Å². The van der Waals surface area contributed by atoms with E-state index < -0.39 is 0 Å². The second kappa shape index (κ2) is 9.08. The van der Waals surface area contributed by atoms with Crippen molar-refractivity contribution in [3.8, 4) is 11.5 Å². The molecule has 0 bridgehead atoms. The Morgan fingerprint density at radius 2 is 1.80 bits per heavy atom. The lowest BCUT2D eigenvalue weighted by Gasteiger charge is -2.15. The summed E-state index contributed by atoms with van der Waals surface area (Å²) < 4.78 is 10.6. The van der Waals surface area contributed by atoms with Gasteiger partial charge in [0.25, 0.3) is 5.91 Å². The first-order valence-electron chi connectivity index (χ1n) is 8.37. The molecule has 25 heavy (non-hydrogen) atoms. The van der Waals surface area contributed by atoms with E-state index in [2.05, 4.69) is 18.3 Å². The molecule has 134 valence electrons. The van der Waals surface area contributed by atoms with E-state index in [0.717, 1.165) is 22.6 Å². The zero-order valence-corrected chi connectivity index (χ0v) is 15.4. The first-order chi connectivity index (χ1) is 12.0. The summed E-state index contributed by atoms with van der Waals surface area (Å²) in [6.45, 7) is 3.77. The maximum absolute atomic E-state index is 12.2. The summed E-state index contributed by atoms with van der Waals surface area (Å²) in [5.41, 5.74) is 3.43. The number of ether oxygens (including phenoxy) is 2. The van der Waals surface area contributed by atoms with Crippen molar-refractivity contribution in [3.63, 3.8) is 0 Å². The summed E-state index contributed by atoms with van der Waals surface area (Å²) in [6, 6.07) is 13.9. The van der Waals surface area contributed by atoms with Gasteiger partial charge in [0.2, 0.25) is 0 Å². The zero-order chi connectivity index (χ0) is 18.2. The Kier molecular flexibility index (Phi) is 6.83. The summed E-state index contributed by atoms with van der Waals surface area (Å²) in [5, 5.41) is 2.99. The number of rotatable bonds is 8. The minimum absolute atomic E-state index is 0.0428. The third kappa shape index (κ3) is 5.50. The first kappa shape index (κ1) is 18.8. The van der Waals surface area contributed by atoms with E-state index in [1.54, 1.807) is 14.2 Å². The molecule has 0 aromatic heterocycles. The van der Waals surface area contributed by atoms with Gasteiger partial charge in [-0.15, -0.1) is 0 Å². The lowest BCUT2D eigenvalue weighted by atomic mass is 10.1. The predicted octanol–water partition coefficient (Wildman–Crippen LogP) is 1.34. The molecule has 0 saturated heterocycles. The molecule has 5 heteroatoms. The van der Waals surface area contributed by atoms with E-state index in [1.165, 1.54) is 5.56 Å². The third-order valence-corrected chi connectivity index (χ3v) is 4.15. The fraction of sp³-hybridized carbons (Fsp3) is 0.350. The molecule has 1 unspecified atom stereocenters. The number of nitrogens with one attached hydrogen (secondary N) is 2. The van der Waals surface area contributed by atoms with Crippen molar-refractivity contribution in [1.29, 1.82) is 0 Å². The standard InChI is InChI=1S/C20H26N2O3/c1-15-7-5-6-8-17(15)12-21-20(23)14-22(2)13-16-9-10-18(24-3)19(11-16)25-4/h5-11H,12-14H2,1-4H3,(H,21,23)/p+1. The maximum Gasteiger partial charge on any atom is 0.275 e. The van der Waals surface area contributed by atoms with Crippen molar-refractivity contribution in [1.82, 2.24) is 5.32 Å². The number of quaternary nitrogens is 1. The number of carbonyl (C=O) groups is 1. The van der Waals surface area contributed by atoms with Gasteiger partial charge in [-0.1, -0.05) is 24.3 Å². The molecular weight excluding hydrogens is 316 g/mol. The Balaban J connectivity index is 1.86. The lowest BCUT2D eigenvalue weighted by Crippen LogP contribution is -3.08. The van der Waals surface area contributed by atoms with Gasteiger partial charge in [0.05, 0.1) is 21.3 Å². The highest BCUT2D eigenvalue weighted by Gasteiger charge is 2.12. The normalized spacial score (nSPS) is 11.7. The molecule has 0 aliphatic rings. The van der Waals surface area contributed by atoms with E-state index in [0.29, 0.717) is 24.6 Å². The SMILES string of the molecule is COc1ccc(C[NH+](C)CC(=O)NCc2ccccc2C)cc1OC. The number of likely N-dealkylation sites (N-methyl/N-ethyl adjacent to an activating group) is 1. The second-order valence-corrected chi connectivity index (χ2v) is 6.20. The van der Waals surface area contributed by atoms with Gasteiger partial charge in [0.1, 0.15) is 6.54 Å². The third-order valence-electron chi connectivity index (χ3n) is 4.15. The van der Waals surface area contributed by atoms with Crippen molar-refractivity contribution in [2.75, 3.05) is 27.8 Å². The summed E-state index contributed by atoms with van der Waals surface area (Å²) >= 11 is 0. The van der Waals surface area contributed by atoms with Crippen LogP contribution in [0.5, 0.6) is 11.5 Å². The molecule has 0 radical (unpaired) electrons. The van der Waals surface area contributed by atoms with Gasteiger partial charge in [0, 0.05) is 12.1 Å². The molecule has 1 atom stereocenters. The van der Waals surface area contributed by atoms with Crippen molar-refractivity contribution in [3.05, 3.63) is 59.2 Å². The molecule has 2 aromatic carbocycles. The molecule has 0 heterocycles. The van der Waals surface area contributed by atoms with E-state index in [1.807, 2.05) is 43.4 Å². The molecule has 0 spiro atoms. The van der Waals surface area contributed by atoms with Crippen LogP contribution in [0.25, 0.3) is 0 Å². The van der Waals surface area contributed by atoms with E-state index in [4.69, 9.17) is 9.47 Å². The zero-order valence-electron chi connectivity index (χ0n) is 15.4. The number of hydrogen-bond donors (Lipinski definition) is 2. The highest BCUT2D eigenvalue weighted by atomic mass is 16.5. The van der Waals surface area contributed by atoms with Crippen molar-refractivity contribution < 1.29 is 19.2 Å². The van der Waals surface area contributed by atoms with Gasteiger partial charge < -0.3 is 19.7 Å². The van der Waals surface area contributed by atoms with Crippen LogP contribution in [0, 0.1) is 6.92 Å². The van der Waals surface area contributed by atoms with Crippen LogP contribution in [0.4, 0.5) is 0 Å². The number of carbonyl (C=O) groups excluding carboxylic acids is 1. The molecule has 5 nitrogen and oxygen atoms in total. The topological polar surface area (TPSA) is 52.0 Å². The smallest absolute Gasteiger partial charge is 0.275 e. The minimum Gasteiger partial charge on any atom is -0.493 e. The van der Waals surface area contributed by atoms with Crippen LogP contribution in [-0.2, 0) is 17.9 Å². The molecule has 0 aliphatic carbocycles. The second-order valence-electron chi connectivity index (χ2n) is 6.20. The van der Waals surface area contributed by atoms with Crippen LogP contribution >= 0.6 is 0 Å². The molecule has 0 fully saturated rings. The van der Waals surface area contributed by atoms with Gasteiger partial charge in [0.15, 0.2) is 18.0 Å². The Morgan fingerprint density at radius 1 is 1.08 bits per heavy atom. The summed E-state index contributed by atoms with van der Waals surface area (Å²) in [4.78, 5) is 13.3. The van der Waals surface area contributed by atoms with Gasteiger partial charge in [-0.2, -0.15) is 0 Å². The van der Waals surface area contributed by atoms with E-state index in [9.17, 15) is 4.79 Å². The fourth-order valence-corrected chi connectivity index (χ4v) is 2.74.